The normalized spacial score (nSPS) is 19.3. The first-order valence-electron chi connectivity index (χ1n) is 6.34. The molecule has 2 rings (SSSR count). The van der Waals surface area contributed by atoms with Crippen molar-refractivity contribution in [3.63, 3.8) is 0 Å². The van der Waals surface area contributed by atoms with Gasteiger partial charge in [0.1, 0.15) is 6.04 Å². The van der Waals surface area contributed by atoms with Crippen molar-refractivity contribution in [1.82, 2.24) is 4.90 Å². The van der Waals surface area contributed by atoms with E-state index in [1.165, 1.54) is 0 Å². The summed E-state index contributed by atoms with van der Waals surface area (Å²) in [6.07, 6.45) is 1.81. The fraction of sp³-hybridized carbons (Fsp3) is 0.400. The lowest BCUT2D eigenvalue weighted by Gasteiger charge is -2.35. The van der Waals surface area contributed by atoms with Gasteiger partial charge >= 0.3 is 5.97 Å². The first-order valence-corrected chi connectivity index (χ1v) is 6.34. The van der Waals surface area contributed by atoms with Crippen LogP contribution >= 0.6 is 0 Å². The first-order chi connectivity index (χ1) is 8.63. The number of fused-ring (bicyclic) bond motifs is 1. The molecular formula is C15H19NO2. The number of carboxylic acids is 1. The van der Waals surface area contributed by atoms with Gasteiger partial charge in [-0.15, -0.1) is 0 Å². The van der Waals surface area contributed by atoms with Crippen LogP contribution in [0.3, 0.4) is 0 Å². The van der Waals surface area contributed by atoms with E-state index in [9.17, 15) is 9.90 Å². The van der Waals surface area contributed by atoms with Crippen LogP contribution in [0.4, 0.5) is 0 Å². The molecule has 1 aromatic carbocycles. The third kappa shape index (κ3) is 2.46. The van der Waals surface area contributed by atoms with E-state index in [1.54, 1.807) is 0 Å². The minimum absolute atomic E-state index is 0.529. The zero-order valence-electron chi connectivity index (χ0n) is 10.7. The van der Waals surface area contributed by atoms with Gasteiger partial charge in [0.2, 0.25) is 0 Å². The van der Waals surface area contributed by atoms with E-state index in [2.05, 4.69) is 13.5 Å². The van der Waals surface area contributed by atoms with Crippen LogP contribution in [0.25, 0.3) is 0 Å². The highest BCUT2D eigenvalue weighted by Crippen LogP contribution is 2.30. The van der Waals surface area contributed by atoms with Crippen LogP contribution in [0.2, 0.25) is 0 Å². The Morgan fingerprint density at radius 2 is 2.22 bits per heavy atom. The minimum atomic E-state index is -0.772. The summed E-state index contributed by atoms with van der Waals surface area (Å²) in [7, 11) is 0. The van der Waals surface area contributed by atoms with Crippen molar-refractivity contribution in [2.75, 3.05) is 13.1 Å². The standard InChI is InChI=1S/C15H19NO2/c1-3-11(2)10-16-9-8-12-6-4-5-7-13(12)14(16)15(17)18/h4-7,14H,2-3,8-10H2,1H3,(H,17,18). The highest BCUT2D eigenvalue weighted by molar-refractivity contribution is 5.76. The molecule has 1 aliphatic heterocycles. The fourth-order valence-electron chi connectivity index (χ4n) is 2.48. The second-order valence-corrected chi connectivity index (χ2v) is 4.76. The van der Waals surface area contributed by atoms with Crippen LogP contribution in [-0.4, -0.2) is 29.1 Å². The smallest absolute Gasteiger partial charge is 0.325 e. The molecule has 0 bridgehead atoms. The summed E-state index contributed by atoms with van der Waals surface area (Å²) in [4.78, 5) is 13.5. The molecule has 0 saturated heterocycles. The molecule has 3 nitrogen and oxygen atoms in total. The Morgan fingerprint density at radius 1 is 1.50 bits per heavy atom. The fourth-order valence-corrected chi connectivity index (χ4v) is 2.48. The predicted octanol–water partition coefficient (Wildman–Crippen LogP) is 2.64. The SMILES string of the molecule is C=C(CC)CN1CCc2ccccc2C1C(=O)O. The summed E-state index contributed by atoms with van der Waals surface area (Å²) < 4.78 is 0. The van der Waals surface area contributed by atoms with Crippen molar-refractivity contribution < 1.29 is 9.90 Å². The molecule has 0 spiro atoms. The van der Waals surface area contributed by atoms with Crippen molar-refractivity contribution in [1.29, 1.82) is 0 Å². The summed E-state index contributed by atoms with van der Waals surface area (Å²) >= 11 is 0. The number of benzene rings is 1. The third-order valence-corrected chi connectivity index (χ3v) is 3.54. The zero-order chi connectivity index (χ0) is 13.1. The molecule has 0 amide bonds. The summed E-state index contributed by atoms with van der Waals surface area (Å²) in [5.74, 6) is -0.772. The third-order valence-electron chi connectivity index (χ3n) is 3.54. The van der Waals surface area contributed by atoms with Crippen molar-refractivity contribution in [2.45, 2.75) is 25.8 Å². The van der Waals surface area contributed by atoms with Crippen molar-refractivity contribution >= 4 is 5.97 Å². The minimum Gasteiger partial charge on any atom is -0.480 e. The molecule has 0 aliphatic carbocycles. The van der Waals surface area contributed by atoms with Gasteiger partial charge in [-0.05, 0) is 24.0 Å². The number of nitrogens with zero attached hydrogens (tertiary/aromatic N) is 1. The second kappa shape index (κ2) is 5.36. The monoisotopic (exact) mass is 245 g/mol. The second-order valence-electron chi connectivity index (χ2n) is 4.76. The molecule has 1 N–H and O–H groups in total. The van der Waals surface area contributed by atoms with E-state index in [0.717, 1.165) is 36.1 Å². The summed E-state index contributed by atoms with van der Waals surface area (Å²) in [5.41, 5.74) is 3.17. The van der Waals surface area contributed by atoms with Crippen LogP contribution in [-0.2, 0) is 11.2 Å². The van der Waals surface area contributed by atoms with E-state index in [0.29, 0.717) is 6.54 Å². The quantitative estimate of drug-likeness (QED) is 0.829. The summed E-state index contributed by atoms with van der Waals surface area (Å²) in [6, 6.07) is 7.30. The number of aliphatic carboxylic acids is 1. The highest BCUT2D eigenvalue weighted by atomic mass is 16.4. The Bertz CT molecular complexity index is 467. The molecule has 0 radical (unpaired) electrons. The maximum Gasteiger partial charge on any atom is 0.325 e. The molecule has 0 saturated carbocycles. The summed E-state index contributed by atoms with van der Waals surface area (Å²) in [6.45, 7) is 7.49. The van der Waals surface area contributed by atoms with Gasteiger partial charge in [-0.2, -0.15) is 0 Å². The Balaban J connectivity index is 2.30. The van der Waals surface area contributed by atoms with Crippen molar-refractivity contribution in [2.24, 2.45) is 0 Å². The lowest BCUT2D eigenvalue weighted by Crippen LogP contribution is -2.40. The predicted molar refractivity (Wildman–Crippen MR) is 71.5 cm³/mol. The highest BCUT2D eigenvalue weighted by Gasteiger charge is 2.32. The van der Waals surface area contributed by atoms with Crippen molar-refractivity contribution in [3.8, 4) is 0 Å². The Morgan fingerprint density at radius 3 is 2.89 bits per heavy atom. The van der Waals surface area contributed by atoms with Gasteiger partial charge in [-0.3, -0.25) is 9.69 Å². The van der Waals surface area contributed by atoms with E-state index in [4.69, 9.17) is 0 Å². The number of hydrogen-bond donors (Lipinski definition) is 1. The molecule has 0 fully saturated rings. The average Bonchev–Trinajstić information content (AvgIpc) is 2.37. The maximum absolute atomic E-state index is 11.5. The van der Waals surface area contributed by atoms with Gasteiger partial charge in [0.25, 0.3) is 0 Å². The molecule has 18 heavy (non-hydrogen) atoms. The Kier molecular flexibility index (Phi) is 3.82. The molecule has 0 aromatic heterocycles. The number of carbonyl (C=O) groups is 1. The van der Waals surface area contributed by atoms with E-state index in [-0.39, 0.29) is 0 Å². The number of rotatable bonds is 4. The molecule has 3 heteroatoms. The molecule has 1 heterocycles. The van der Waals surface area contributed by atoms with Crippen LogP contribution in [0.5, 0.6) is 0 Å². The van der Waals surface area contributed by atoms with Gasteiger partial charge in [0.15, 0.2) is 0 Å². The van der Waals surface area contributed by atoms with E-state index in [1.807, 2.05) is 29.2 Å². The number of hydrogen-bond acceptors (Lipinski definition) is 2. The van der Waals surface area contributed by atoms with Gasteiger partial charge < -0.3 is 5.11 Å². The topological polar surface area (TPSA) is 40.5 Å². The van der Waals surface area contributed by atoms with Crippen LogP contribution < -0.4 is 0 Å². The van der Waals surface area contributed by atoms with Gasteiger partial charge in [-0.1, -0.05) is 43.3 Å². The lowest BCUT2D eigenvalue weighted by atomic mass is 9.92. The summed E-state index contributed by atoms with van der Waals surface area (Å²) in [5, 5.41) is 9.47. The van der Waals surface area contributed by atoms with Crippen LogP contribution in [0, 0.1) is 0 Å². The van der Waals surface area contributed by atoms with Gasteiger partial charge in [0.05, 0.1) is 0 Å². The maximum atomic E-state index is 11.5. The Labute approximate surface area is 108 Å². The molecule has 1 aliphatic rings. The molecule has 1 aromatic rings. The zero-order valence-corrected chi connectivity index (χ0v) is 10.7. The van der Waals surface area contributed by atoms with Gasteiger partial charge in [0, 0.05) is 13.1 Å². The van der Waals surface area contributed by atoms with Crippen molar-refractivity contribution in [3.05, 3.63) is 47.5 Å². The number of carboxylic acid groups (broad SMARTS) is 1. The largest absolute Gasteiger partial charge is 0.480 e. The average molecular weight is 245 g/mol. The van der Waals surface area contributed by atoms with Crippen LogP contribution in [0.1, 0.15) is 30.5 Å². The molecule has 96 valence electrons. The molecule has 1 unspecified atom stereocenters. The first kappa shape index (κ1) is 12.8. The molecular weight excluding hydrogens is 226 g/mol. The van der Waals surface area contributed by atoms with Crippen LogP contribution in [0.15, 0.2) is 36.4 Å². The Hall–Kier alpha value is -1.61. The lowest BCUT2D eigenvalue weighted by molar-refractivity contribution is -0.143. The molecule has 1 atom stereocenters. The van der Waals surface area contributed by atoms with E-state index < -0.39 is 12.0 Å². The van der Waals surface area contributed by atoms with E-state index >= 15 is 0 Å². The van der Waals surface area contributed by atoms with Gasteiger partial charge in [-0.25, -0.2) is 0 Å².